The highest BCUT2D eigenvalue weighted by Crippen LogP contribution is 2.38. The number of azo groups is 1. The second kappa shape index (κ2) is 8.75. The van der Waals surface area contributed by atoms with Gasteiger partial charge in [0.1, 0.15) is 0 Å². The number of anilines is 2. The molecule has 0 unspecified atom stereocenters. The van der Waals surface area contributed by atoms with Crippen LogP contribution < -0.4 is 15.4 Å². The summed E-state index contributed by atoms with van der Waals surface area (Å²) in [5.41, 5.74) is 0.872. The van der Waals surface area contributed by atoms with E-state index in [0.717, 1.165) is 11.5 Å². The van der Waals surface area contributed by atoms with Crippen LogP contribution in [0.2, 0.25) is 0 Å². The lowest BCUT2D eigenvalue weighted by Crippen LogP contribution is -2.18. The van der Waals surface area contributed by atoms with Gasteiger partial charge in [-0.15, -0.1) is 10.2 Å². The molecule has 0 aliphatic heterocycles. The fourth-order valence-corrected chi connectivity index (χ4v) is 4.05. The fraction of sp³-hybridized carbons (Fsp3) is 0.167. The summed E-state index contributed by atoms with van der Waals surface area (Å²) in [6.45, 7) is 2.54. The standard InChI is InChI=1S/C18H18N6O5S2/c1-9(25)20-15-6-11(7-16(17(15)27)21-10(2)26)22-23-18-13-8-12(31(28,29)19-3)4-5-14(13)24-30-18/h4-8,19,27H,1-3H3,(H,20,25)(H,21,26). The third kappa shape index (κ3) is 5.02. The minimum Gasteiger partial charge on any atom is -0.504 e. The topological polar surface area (TPSA) is 162 Å². The summed E-state index contributed by atoms with van der Waals surface area (Å²) in [4.78, 5) is 22.9. The zero-order chi connectivity index (χ0) is 22.8. The van der Waals surface area contributed by atoms with Crippen molar-refractivity contribution in [1.29, 1.82) is 0 Å². The molecule has 0 spiro atoms. The first kappa shape index (κ1) is 22.3. The molecule has 0 fully saturated rings. The molecule has 0 aliphatic rings. The van der Waals surface area contributed by atoms with Crippen molar-refractivity contribution in [3.8, 4) is 5.75 Å². The van der Waals surface area contributed by atoms with Crippen molar-refractivity contribution in [3.05, 3.63) is 30.3 Å². The molecule has 0 atom stereocenters. The van der Waals surface area contributed by atoms with Gasteiger partial charge in [-0.3, -0.25) is 9.59 Å². The lowest BCUT2D eigenvalue weighted by molar-refractivity contribution is -0.115. The molecular formula is C18H18N6O5S2. The predicted octanol–water partition coefficient (Wildman–Crippen LogP) is 3.24. The molecule has 3 aromatic rings. The number of benzene rings is 2. The summed E-state index contributed by atoms with van der Waals surface area (Å²) < 4.78 is 30.6. The highest BCUT2D eigenvalue weighted by atomic mass is 32.2. The van der Waals surface area contributed by atoms with Crippen molar-refractivity contribution in [2.75, 3.05) is 17.7 Å². The Labute approximate surface area is 181 Å². The molecule has 1 aromatic heterocycles. The molecule has 4 N–H and O–H groups in total. The molecule has 0 radical (unpaired) electrons. The average molecular weight is 463 g/mol. The van der Waals surface area contributed by atoms with Crippen LogP contribution >= 0.6 is 11.5 Å². The number of hydrogen-bond donors (Lipinski definition) is 4. The van der Waals surface area contributed by atoms with Crippen LogP contribution in [0.4, 0.5) is 22.1 Å². The quantitative estimate of drug-likeness (QED) is 0.325. The highest BCUT2D eigenvalue weighted by molar-refractivity contribution is 7.89. The number of rotatable bonds is 6. The Morgan fingerprint density at radius 3 is 2.19 bits per heavy atom. The Bertz CT molecular complexity index is 1280. The normalized spacial score (nSPS) is 11.7. The molecule has 0 bridgehead atoms. The number of nitrogens with one attached hydrogen (secondary N) is 3. The Kier molecular flexibility index (Phi) is 6.29. The molecule has 0 saturated heterocycles. The zero-order valence-corrected chi connectivity index (χ0v) is 18.3. The zero-order valence-electron chi connectivity index (χ0n) is 16.6. The summed E-state index contributed by atoms with van der Waals surface area (Å²) >= 11 is 1.03. The van der Waals surface area contributed by atoms with Gasteiger partial charge >= 0.3 is 0 Å². The SMILES string of the molecule is CNS(=O)(=O)c1ccc2nsc(N=Nc3cc(NC(C)=O)c(O)c(NC(C)=O)c3)c2c1. The van der Waals surface area contributed by atoms with Gasteiger partial charge in [-0.1, -0.05) is 0 Å². The number of aromatic nitrogens is 1. The largest absolute Gasteiger partial charge is 0.504 e. The molecule has 1 heterocycles. The summed E-state index contributed by atoms with van der Waals surface area (Å²) in [7, 11) is -2.33. The number of fused-ring (bicyclic) bond motifs is 1. The van der Waals surface area contributed by atoms with E-state index in [1.807, 2.05) is 0 Å². The van der Waals surface area contributed by atoms with E-state index in [2.05, 4.69) is 30.0 Å². The van der Waals surface area contributed by atoms with Gasteiger partial charge in [0.15, 0.2) is 10.8 Å². The third-order valence-corrected chi connectivity index (χ3v) is 6.15. The molecule has 13 heteroatoms. The average Bonchev–Trinajstić information content (AvgIpc) is 3.11. The van der Waals surface area contributed by atoms with Gasteiger partial charge in [-0.05, 0) is 48.9 Å². The number of amides is 2. The minimum absolute atomic E-state index is 0.0456. The lowest BCUT2D eigenvalue weighted by Gasteiger charge is -2.11. The van der Waals surface area contributed by atoms with Crippen molar-refractivity contribution >= 4 is 66.3 Å². The summed E-state index contributed by atoms with van der Waals surface area (Å²) in [6.07, 6.45) is 0. The first-order valence-electron chi connectivity index (χ1n) is 8.77. The molecule has 11 nitrogen and oxygen atoms in total. The summed E-state index contributed by atoms with van der Waals surface area (Å²) in [5, 5.41) is 24.3. The number of phenolic OH excluding ortho intramolecular Hbond substituents is 1. The van der Waals surface area contributed by atoms with Crippen LogP contribution in [0, 0.1) is 0 Å². The van der Waals surface area contributed by atoms with E-state index in [1.54, 1.807) is 6.07 Å². The van der Waals surface area contributed by atoms with Crippen LogP contribution in [0.5, 0.6) is 5.75 Å². The maximum atomic E-state index is 12.1. The van der Waals surface area contributed by atoms with Crippen molar-refractivity contribution in [1.82, 2.24) is 9.10 Å². The monoisotopic (exact) mass is 462 g/mol. The number of hydrogen-bond acceptors (Lipinski definition) is 9. The van der Waals surface area contributed by atoms with Crippen LogP contribution in [0.25, 0.3) is 10.9 Å². The molecule has 2 amide bonds. The fourth-order valence-electron chi connectivity index (χ4n) is 2.61. The molecule has 2 aromatic carbocycles. The number of sulfonamides is 1. The molecule has 0 aliphatic carbocycles. The van der Waals surface area contributed by atoms with Crippen LogP contribution in [-0.4, -0.2) is 36.8 Å². The maximum absolute atomic E-state index is 12.1. The van der Waals surface area contributed by atoms with Gasteiger partial charge in [-0.2, -0.15) is 4.37 Å². The van der Waals surface area contributed by atoms with Crippen molar-refractivity contribution in [3.63, 3.8) is 0 Å². The first-order valence-corrected chi connectivity index (χ1v) is 11.0. The summed E-state index contributed by atoms with van der Waals surface area (Å²) in [5.74, 6) is -1.18. The molecule has 162 valence electrons. The smallest absolute Gasteiger partial charge is 0.240 e. The van der Waals surface area contributed by atoms with E-state index < -0.39 is 21.8 Å². The van der Waals surface area contributed by atoms with E-state index in [1.165, 1.54) is 45.2 Å². The molecule has 31 heavy (non-hydrogen) atoms. The van der Waals surface area contributed by atoms with E-state index in [9.17, 15) is 23.1 Å². The van der Waals surface area contributed by atoms with E-state index in [4.69, 9.17) is 0 Å². The number of aromatic hydroxyl groups is 1. The number of carbonyl (C=O) groups is 2. The Morgan fingerprint density at radius 2 is 1.65 bits per heavy atom. The van der Waals surface area contributed by atoms with Gasteiger partial charge in [0, 0.05) is 19.2 Å². The first-order chi connectivity index (χ1) is 14.6. The third-order valence-electron chi connectivity index (χ3n) is 3.98. The van der Waals surface area contributed by atoms with Crippen LogP contribution in [-0.2, 0) is 19.6 Å². The van der Waals surface area contributed by atoms with E-state index in [-0.39, 0.29) is 27.7 Å². The van der Waals surface area contributed by atoms with Gasteiger partial charge in [0.2, 0.25) is 21.8 Å². The Hall–Kier alpha value is -3.42. The molecule has 0 saturated carbocycles. The van der Waals surface area contributed by atoms with Gasteiger partial charge in [0.05, 0.1) is 27.5 Å². The second-order valence-corrected chi connectivity index (χ2v) is 8.96. The van der Waals surface area contributed by atoms with Crippen LogP contribution in [0.1, 0.15) is 13.8 Å². The minimum atomic E-state index is -3.64. The van der Waals surface area contributed by atoms with E-state index >= 15 is 0 Å². The van der Waals surface area contributed by atoms with Crippen LogP contribution in [0.15, 0.2) is 45.5 Å². The van der Waals surface area contributed by atoms with Crippen molar-refractivity contribution < 1.29 is 23.1 Å². The predicted molar refractivity (Wildman–Crippen MR) is 117 cm³/mol. The maximum Gasteiger partial charge on any atom is 0.240 e. The molecule has 3 rings (SSSR count). The lowest BCUT2D eigenvalue weighted by atomic mass is 10.2. The van der Waals surface area contributed by atoms with Crippen molar-refractivity contribution in [2.45, 2.75) is 18.7 Å². The molecular weight excluding hydrogens is 444 g/mol. The van der Waals surface area contributed by atoms with E-state index in [0.29, 0.717) is 15.9 Å². The van der Waals surface area contributed by atoms with Gasteiger partial charge < -0.3 is 15.7 Å². The number of phenols is 1. The Balaban J connectivity index is 2.04. The van der Waals surface area contributed by atoms with Crippen molar-refractivity contribution in [2.24, 2.45) is 10.2 Å². The van der Waals surface area contributed by atoms with Gasteiger partial charge in [0.25, 0.3) is 0 Å². The highest BCUT2D eigenvalue weighted by Gasteiger charge is 2.16. The Morgan fingerprint density at radius 1 is 1.03 bits per heavy atom. The second-order valence-electron chi connectivity index (χ2n) is 6.33. The summed E-state index contributed by atoms with van der Waals surface area (Å²) in [6, 6.07) is 7.21. The number of nitrogens with zero attached hydrogens (tertiary/aromatic N) is 3. The van der Waals surface area contributed by atoms with Gasteiger partial charge in [-0.25, -0.2) is 13.1 Å². The number of carbonyl (C=O) groups excluding carboxylic acids is 2. The van der Waals surface area contributed by atoms with Crippen LogP contribution in [0.3, 0.4) is 0 Å².